The zero-order valence-electron chi connectivity index (χ0n) is 12.3. The van der Waals surface area contributed by atoms with Crippen molar-refractivity contribution in [1.29, 1.82) is 0 Å². The Kier molecular flexibility index (Phi) is 6.67. The Bertz CT molecular complexity index is 419. The molecule has 1 nitrogen and oxygen atoms in total. The van der Waals surface area contributed by atoms with Crippen molar-refractivity contribution in [3.63, 3.8) is 0 Å². The van der Waals surface area contributed by atoms with E-state index >= 15 is 0 Å². The lowest BCUT2D eigenvalue weighted by Gasteiger charge is -2.26. The summed E-state index contributed by atoms with van der Waals surface area (Å²) in [4.78, 5) is 0. The van der Waals surface area contributed by atoms with Gasteiger partial charge >= 0.3 is 0 Å². The summed E-state index contributed by atoms with van der Waals surface area (Å²) in [6.07, 6.45) is 9.04. The van der Waals surface area contributed by atoms with Crippen LogP contribution in [0.15, 0.2) is 18.2 Å². The first-order valence-corrected chi connectivity index (χ1v) is 8.63. The van der Waals surface area contributed by atoms with Gasteiger partial charge in [0.2, 0.25) is 0 Å². The molecule has 1 aromatic rings. The standard InChI is InChI=1S/C17H25Cl2N/c1-2-10-20-17-7-5-3-4-6-14(17)11-13-8-9-15(18)16(19)12-13/h8-9,12,14,17,20H,2-7,10-11H2,1H3. The van der Waals surface area contributed by atoms with E-state index in [9.17, 15) is 0 Å². The fraction of sp³-hybridized carbons (Fsp3) is 0.647. The van der Waals surface area contributed by atoms with E-state index in [0.717, 1.165) is 18.9 Å². The number of nitrogens with one attached hydrogen (secondary N) is 1. The fourth-order valence-corrected chi connectivity index (χ4v) is 3.52. The Labute approximate surface area is 133 Å². The van der Waals surface area contributed by atoms with E-state index in [4.69, 9.17) is 23.2 Å². The number of hydrogen-bond donors (Lipinski definition) is 1. The zero-order valence-corrected chi connectivity index (χ0v) is 13.8. The molecule has 20 heavy (non-hydrogen) atoms. The highest BCUT2D eigenvalue weighted by atomic mass is 35.5. The largest absolute Gasteiger partial charge is 0.314 e. The summed E-state index contributed by atoms with van der Waals surface area (Å²) in [5.74, 6) is 0.723. The predicted molar refractivity (Wildman–Crippen MR) is 88.8 cm³/mol. The summed E-state index contributed by atoms with van der Waals surface area (Å²) in [5, 5.41) is 5.08. The first-order chi connectivity index (χ1) is 9.70. The van der Waals surface area contributed by atoms with Crippen LogP contribution in [-0.4, -0.2) is 12.6 Å². The van der Waals surface area contributed by atoms with E-state index in [1.807, 2.05) is 12.1 Å². The van der Waals surface area contributed by atoms with Gasteiger partial charge < -0.3 is 5.32 Å². The van der Waals surface area contributed by atoms with E-state index in [-0.39, 0.29) is 0 Å². The number of rotatable bonds is 5. The van der Waals surface area contributed by atoms with E-state index in [1.54, 1.807) is 0 Å². The molecule has 0 aromatic heterocycles. The molecule has 0 bridgehead atoms. The lowest BCUT2D eigenvalue weighted by molar-refractivity contribution is 0.332. The van der Waals surface area contributed by atoms with Crippen LogP contribution in [0, 0.1) is 5.92 Å². The van der Waals surface area contributed by atoms with Gasteiger partial charge in [0.25, 0.3) is 0 Å². The van der Waals surface area contributed by atoms with Gasteiger partial charge in [0.1, 0.15) is 0 Å². The van der Waals surface area contributed by atoms with Gasteiger partial charge in [-0.2, -0.15) is 0 Å². The van der Waals surface area contributed by atoms with Crippen molar-refractivity contribution in [2.24, 2.45) is 5.92 Å². The van der Waals surface area contributed by atoms with Gasteiger partial charge in [-0.05, 0) is 55.8 Å². The molecule has 0 spiro atoms. The molecule has 1 saturated carbocycles. The quantitative estimate of drug-likeness (QED) is 0.709. The van der Waals surface area contributed by atoms with Crippen LogP contribution in [0.3, 0.4) is 0 Å². The summed E-state index contributed by atoms with van der Waals surface area (Å²) in [5.41, 5.74) is 1.31. The van der Waals surface area contributed by atoms with Gasteiger partial charge in [0.15, 0.2) is 0 Å². The average molecular weight is 314 g/mol. The van der Waals surface area contributed by atoms with Crippen molar-refractivity contribution in [3.05, 3.63) is 33.8 Å². The second-order valence-corrected chi connectivity index (χ2v) is 6.73. The minimum absolute atomic E-state index is 0.650. The predicted octanol–water partition coefficient (Wildman–Crippen LogP) is 5.48. The van der Waals surface area contributed by atoms with Crippen molar-refractivity contribution in [1.82, 2.24) is 5.32 Å². The van der Waals surface area contributed by atoms with Gasteiger partial charge in [-0.25, -0.2) is 0 Å². The van der Waals surface area contributed by atoms with Crippen LogP contribution < -0.4 is 5.32 Å². The molecule has 0 saturated heterocycles. The average Bonchev–Trinajstić information content (AvgIpc) is 2.66. The van der Waals surface area contributed by atoms with Crippen molar-refractivity contribution >= 4 is 23.2 Å². The Morgan fingerprint density at radius 2 is 1.90 bits per heavy atom. The van der Waals surface area contributed by atoms with Crippen molar-refractivity contribution in [2.45, 2.75) is 57.9 Å². The summed E-state index contributed by atoms with van der Waals surface area (Å²) in [6.45, 7) is 3.36. The Hall–Kier alpha value is -0.240. The normalized spacial score (nSPS) is 23.6. The van der Waals surface area contributed by atoms with E-state index in [0.29, 0.717) is 16.1 Å². The molecule has 3 heteroatoms. The Balaban J connectivity index is 2.03. The van der Waals surface area contributed by atoms with Gasteiger partial charge in [0.05, 0.1) is 10.0 Å². The van der Waals surface area contributed by atoms with Crippen LogP contribution in [0.25, 0.3) is 0 Å². The molecule has 0 aliphatic heterocycles. The third-order valence-corrected chi connectivity index (χ3v) is 5.04. The van der Waals surface area contributed by atoms with Crippen molar-refractivity contribution in [3.8, 4) is 0 Å². The van der Waals surface area contributed by atoms with E-state index in [1.165, 1.54) is 44.1 Å². The fourth-order valence-electron chi connectivity index (χ4n) is 3.20. The van der Waals surface area contributed by atoms with Crippen LogP contribution in [0.4, 0.5) is 0 Å². The maximum absolute atomic E-state index is 6.14. The van der Waals surface area contributed by atoms with Crippen LogP contribution in [0.5, 0.6) is 0 Å². The molecule has 1 fully saturated rings. The highest BCUT2D eigenvalue weighted by Gasteiger charge is 2.23. The van der Waals surface area contributed by atoms with Crippen LogP contribution in [0.1, 0.15) is 51.0 Å². The third kappa shape index (κ3) is 4.65. The smallest absolute Gasteiger partial charge is 0.0595 e. The second-order valence-electron chi connectivity index (χ2n) is 5.91. The second kappa shape index (κ2) is 8.26. The molecule has 2 atom stereocenters. The molecule has 2 rings (SSSR count). The topological polar surface area (TPSA) is 12.0 Å². The summed E-state index contributed by atoms with van der Waals surface area (Å²) in [6, 6.07) is 6.73. The first-order valence-electron chi connectivity index (χ1n) is 7.88. The molecule has 0 amide bonds. The van der Waals surface area contributed by atoms with Crippen LogP contribution in [-0.2, 0) is 6.42 Å². The number of halogens is 2. The number of benzene rings is 1. The lowest BCUT2D eigenvalue weighted by atomic mass is 9.88. The SMILES string of the molecule is CCCNC1CCCCCC1Cc1ccc(Cl)c(Cl)c1. The van der Waals surface area contributed by atoms with Gasteiger partial charge in [0, 0.05) is 6.04 Å². The van der Waals surface area contributed by atoms with E-state index < -0.39 is 0 Å². The monoisotopic (exact) mass is 313 g/mol. The first kappa shape index (κ1) is 16.1. The van der Waals surface area contributed by atoms with Gasteiger partial charge in [-0.1, -0.05) is 55.5 Å². The van der Waals surface area contributed by atoms with Crippen LogP contribution >= 0.6 is 23.2 Å². The van der Waals surface area contributed by atoms with Crippen LogP contribution in [0.2, 0.25) is 10.0 Å². The molecule has 1 aliphatic carbocycles. The molecule has 0 radical (unpaired) electrons. The molecule has 2 unspecified atom stereocenters. The summed E-state index contributed by atoms with van der Waals surface area (Å²) in [7, 11) is 0. The molecular formula is C17H25Cl2N. The Morgan fingerprint density at radius 3 is 2.65 bits per heavy atom. The van der Waals surface area contributed by atoms with Crippen molar-refractivity contribution in [2.75, 3.05) is 6.54 Å². The molecule has 1 aromatic carbocycles. The van der Waals surface area contributed by atoms with Gasteiger partial charge in [-0.15, -0.1) is 0 Å². The Morgan fingerprint density at radius 1 is 1.10 bits per heavy atom. The maximum atomic E-state index is 6.14. The molecular weight excluding hydrogens is 289 g/mol. The van der Waals surface area contributed by atoms with E-state index in [2.05, 4.69) is 18.3 Å². The summed E-state index contributed by atoms with van der Waals surface area (Å²) < 4.78 is 0. The minimum Gasteiger partial charge on any atom is -0.314 e. The minimum atomic E-state index is 0.650. The molecule has 0 heterocycles. The molecule has 112 valence electrons. The molecule has 1 aliphatic rings. The third-order valence-electron chi connectivity index (χ3n) is 4.30. The summed E-state index contributed by atoms with van der Waals surface area (Å²) >= 11 is 12.1. The number of hydrogen-bond acceptors (Lipinski definition) is 1. The lowest BCUT2D eigenvalue weighted by Crippen LogP contribution is -2.37. The zero-order chi connectivity index (χ0) is 14.4. The maximum Gasteiger partial charge on any atom is 0.0595 e. The highest BCUT2D eigenvalue weighted by Crippen LogP contribution is 2.29. The van der Waals surface area contributed by atoms with Gasteiger partial charge in [-0.3, -0.25) is 0 Å². The highest BCUT2D eigenvalue weighted by molar-refractivity contribution is 6.42. The molecule has 1 N–H and O–H groups in total. The van der Waals surface area contributed by atoms with Crippen molar-refractivity contribution < 1.29 is 0 Å².